The van der Waals surface area contributed by atoms with Crippen molar-refractivity contribution in [1.82, 2.24) is 5.32 Å². The number of nitrogens with one attached hydrogen (secondary N) is 1. The largest absolute Gasteiger partial charge is 0.369 e. The summed E-state index contributed by atoms with van der Waals surface area (Å²) in [6, 6.07) is 0.440. The van der Waals surface area contributed by atoms with Gasteiger partial charge in [-0.05, 0) is 69.1 Å². The van der Waals surface area contributed by atoms with Crippen LogP contribution in [0.1, 0.15) is 52.4 Å². The molecule has 1 unspecified atom stereocenters. The zero-order valence-electron chi connectivity index (χ0n) is 12.2. The van der Waals surface area contributed by atoms with Crippen LogP contribution in [-0.2, 0) is 9.53 Å². The average molecular weight is 265 g/mol. The monoisotopic (exact) mass is 265 g/mol. The highest BCUT2D eigenvalue weighted by Crippen LogP contribution is 2.53. The van der Waals surface area contributed by atoms with Crippen LogP contribution in [0.15, 0.2) is 0 Å². The van der Waals surface area contributed by atoms with Crippen LogP contribution in [0, 0.1) is 23.7 Å². The highest BCUT2D eigenvalue weighted by Gasteiger charge is 2.48. The van der Waals surface area contributed by atoms with E-state index in [4.69, 9.17) is 4.74 Å². The first-order chi connectivity index (χ1) is 9.21. The Hall–Kier alpha value is -0.570. The van der Waals surface area contributed by atoms with E-state index in [9.17, 15) is 4.79 Å². The Bertz CT molecular complexity index is 314. The van der Waals surface area contributed by atoms with Crippen LogP contribution in [-0.4, -0.2) is 24.7 Å². The molecule has 0 aromatic heterocycles. The summed E-state index contributed by atoms with van der Waals surface area (Å²) in [5.41, 5.74) is 0. The van der Waals surface area contributed by atoms with E-state index < -0.39 is 0 Å². The van der Waals surface area contributed by atoms with Crippen LogP contribution in [0.4, 0.5) is 0 Å². The van der Waals surface area contributed by atoms with Gasteiger partial charge in [-0.1, -0.05) is 6.92 Å². The smallest absolute Gasteiger partial charge is 0.249 e. The highest BCUT2D eigenvalue weighted by atomic mass is 16.5. The molecule has 0 aromatic carbocycles. The maximum absolute atomic E-state index is 12.3. The van der Waals surface area contributed by atoms with Gasteiger partial charge in [-0.3, -0.25) is 4.79 Å². The van der Waals surface area contributed by atoms with Gasteiger partial charge in [-0.2, -0.15) is 0 Å². The molecule has 19 heavy (non-hydrogen) atoms. The predicted molar refractivity (Wildman–Crippen MR) is 74.7 cm³/mol. The van der Waals surface area contributed by atoms with Gasteiger partial charge >= 0.3 is 0 Å². The number of ether oxygens (including phenoxy) is 1. The molecule has 4 fully saturated rings. The topological polar surface area (TPSA) is 38.3 Å². The molecule has 0 spiro atoms. The molecular weight excluding hydrogens is 238 g/mol. The van der Waals surface area contributed by atoms with Crippen molar-refractivity contribution < 1.29 is 9.53 Å². The second kappa shape index (κ2) is 5.43. The second-order valence-electron chi connectivity index (χ2n) is 6.82. The predicted octanol–water partition coefficient (Wildman–Crippen LogP) is 2.74. The maximum atomic E-state index is 12.3. The Morgan fingerprint density at radius 2 is 1.68 bits per heavy atom. The van der Waals surface area contributed by atoms with Crippen LogP contribution in [0.5, 0.6) is 0 Å². The molecule has 1 amide bonds. The van der Waals surface area contributed by atoms with Crippen LogP contribution in [0.25, 0.3) is 0 Å². The molecule has 0 heterocycles. The quantitative estimate of drug-likeness (QED) is 0.830. The number of amides is 1. The number of rotatable bonds is 5. The lowest BCUT2D eigenvalue weighted by molar-refractivity contribution is -0.136. The number of hydrogen-bond donors (Lipinski definition) is 1. The molecule has 4 saturated carbocycles. The van der Waals surface area contributed by atoms with E-state index in [0.29, 0.717) is 12.6 Å². The van der Waals surface area contributed by atoms with E-state index in [-0.39, 0.29) is 12.0 Å². The second-order valence-corrected chi connectivity index (χ2v) is 6.82. The molecule has 3 nitrogen and oxygen atoms in total. The molecule has 1 atom stereocenters. The first-order valence-corrected chi connectivity index (χ1v) is 8.13. The average Bonchev–Trinajstić information content (AvgIpc) is 2.39. The normalized spacial score (nSPS) is 41.3. The third kappa shape index (κ3) is 2.54. The Balaban J connectivity index is 1.62. The van der Waals surface area contributed by atoms with Crippen LogP contribution < -0.4 is 5.32 Å². The van der Waals surface area contributed by atoms with Crippen LogP contribution in [0.3, 0.4) is 0 Å². The Morgan fingerprint density at radius 3 is 2.16 bits per heavy atom. The summed E-state index contributed by atoms with van der Waals surface area (Å²) in [6.45, 7) is 4.60. The van der Waals surface area contributed by atoms with Crippen molar-refractivity contribution in [2.75, 3.05) is 6.61 Å². The summed E-state index contributed by atoms with van der Waals surface area (Å²) in [7, 11) is 0. The molecule has 108 valence electrons. The van der Waals surface area contributed by atoms with Crippen LogP contribution >= 0.6 is 0 Å². The summed E-state index contributed by atoms with van der Waals surface area (Å²) in [5, 5.41) is 3.33. The molecular formula is C16H27NO2. The van der Waals surface area contributed by atoms with Gasteiger partial charge < -0.3 is 10.1 Å². The van der Waals surface area contributed by atoms with Gasteiger partial charge in [0.1, 0.15) is 6.10 Å². The summed E-state index contributed by atoms with van der Waals surface area (Å²) >= 11 is 0. The third-order valence-corrected chi connectivity index (χ3v) is 5.57. The fourth-order valence-corrected chi connectivity index (χ4v) is 5.00. The molecule has 0 aliphatic heterocycles. The zero-order chi connectivity index (χ0) is 13.4. The van der Waals surface area contributed by atoms with Gasteiger partial charge in [-0.15, -0.1) is 0 Å². The van der Waals surface area contributed by atoms with Gasteiger partial charge in [0.25, 0.3) is 0 Å². The van der Waals surface area contributed by atoms with Crippen LogP contribution in [0.2, 0.25) is 0 Å². The Kier molecular flexibility index (Phi) is 3.84. The molecule has 4 aliphatic carbocycles. The number of hydrogen-bond acceptors (Lipinski definition) is 2. The summed E-state index contributed by atoms with van der Waals surface area (Å²) in [5.74, 6) is 3.55. The van der Waals surface area contributed by atoms with Gasteiger partial charge in [0, 0.05) is 12.6 Å². The van der Waals surface area contributed by atoms with E-state index in [2.05, 4.69) is 5.32 Å². The Morgan fingerprint density at radius 1 is 1.11 bits per heavy atom. The first kappa shape index (κ1) is 13.4. The lowest BCUT2D eigenvalue weighted by Crippen LogP contribution is -2.57. The van der Waals surface area contributed by atoms with Crippen molar-refractivity contribution in [2.24, 2.45) is 23.7 Å². The highest BCUT2D eigenvalue weighted by molar-refractivity contribution is 5.81. The fraction of sp³-hybridized carbons (Fsp3) is 0.938. The standard InChI is InChI=1S/C16H27NO2/c1-3-14(19-4-2)16(18)17-15-12-6-10-5-11(8-12)9-13(15)7-10/h10-15H,3-9H2,1-2H3,(H,17,18). The molecule has 0 radical (unpaired) electrons. The summed E-state index contributed by atoms with van der Waals surface area (Å²) in [6.07, 6.45) is 7.39. The number of carbonyl (C=O) groups excluding carboxylic acids is 1. The van der Waals surface area contributed by atoms with Crippen molar-refractivity contribution in [3.63, 3.8) is 0 Å². The minimum Gasteiger partial charge on any atom is -0.369 e. The van der Waals surface area contributed by atoms with E-state index >= 15 is 0 Å². The van der Waals surface area contributed by atoms with Gasteiger partial charge in [0.05, 0.1) is 0 Å². The SMILES string of the molecule is CCOC(CC)C(=O)NC1C2CC3CC(C2)CC1C3. The first-order valence-electron chi connectivity index (χ1n) is 8.13. The van der Waals surface area contributed by atoms with Gasteiger partial charge in [0.15, 0.2) is 0 Å². The van der Waals surface area contributed by atoms with Crippen molar-refractivity contribution >= 4 is 5.91 Å². The van der Waals surface area contributed by atoms with E-state index in [1.165, 1.54) is 32.1 Å². The molecule has 4 bridgehead atoms. The van der Waals surface area contributed by atoms with E-state index in [1.807, 2.05) is 13.8 Å². The van der Waals surface area contributed by atoms with Gasteiger partial charge in [-0.25, -0.2) is 0 Å². The Labute approximate surface area is 116 Å². The summed E-state index contributed by atoms with van der Waals surface area (Å²) in [4.78, 5) is 12.3. The lowest BCUT2D eigenvalue weighted by atomic mass is 9.54. The summed E-state index contributed by atoms with van der Waals surface area (Å²) < 4.78 is 5.53. The molecule has 4 aliphatic rings. The molecule has 4 rings (SSSR count). The van der Waals surface area contributed by atoms with Crippen molar-refractivity contribution in [3.8, 4) is 0 Å². The molecule has 3 heteroatoms. The van der Waals surface area contributed by atoms with Crippen molar-refractivity contribution in [1.29, 1.82) is 0 Å². The minimum atomic E-state index is -0.248. The number of carbonyl (C=O) groups is 1. The van der Waals surface area contributed by atoms with E-state index in [0.717, 1.165) is 30.1 Å². The molecule has 0 saturated heterocycles. The van der Waals surface area contributed by atoms with Crippen molar-refractivity contribution in [2.45, 2.75) is 64.5 Å². The third-order valence-electron chi connectivity index (χ3n) is 5.57. The van der Waals surface area contributed by atoms with Gasteiger partial charge in [0.2, 0.25) is 5.91 Å². The minimum absolute atomic E-state index is 0.127. The fourth-order valence-electron chi connectivity index (χ4n) is 5.00. The van der Waals surface area contributed by atoms with E-state index in [1.54, 1.807) is 0 Å². The van der Waals surface area contributed by atoms with Crippen molar-refractivity contribution in [3.05, 3.63) is 0 Å². The maximum Gasteiger partial charge on any atom is 0.249 e. The molecule has 0 aromatic rings. The molecule has 1 N–H and O–H groups in total. The zero-order valence-corrected chi connectivity index (χ0v) is 12.2. The lowest BCUT2D eigenvalue weighted by Gasteiger charge is -2.54.